The Morgan fingerprint density at radius 2 is 2.29 bits per heavy atom. The summed E-state index contributed by atoms with van der Waals surface area (Å²) in [5.74, 6) is 0.901. The molecule has 3 heteroatoms. The lowest BCUT2D eigenvalue weighted by molar-refractivity contribution is 0.222. The van der Waals surface area contributed by atoms with Gasteiger partial charge in [0.15, 0.2) is 0 Å². The van der Waals surface area contributed by atoms with Gasteiger partial charge >= 0.3 is 0 Å². The molecule has 1 aromatic heterocycles. The third-order valence-electron chi connectivity index (χ3n) is 4.18. The Kier molecular flexibility index (Phi) is 3.39. The first kappa shape index (κ1) is 11.2. The van der Waals surface area contributed by atoms with E-state index in [1.165, 1.54) is 38.0 Å². The van der Waals surface area contributed by atoms with Crippen molar-refractivity contribution >= 4 is 0 Å². The van der Waals surface area contributed by atoms with Gasteiger partial charge in [-0.25, -0.2) is 0 Å². The van der Waals surface area contributed by atoms with Crippen LogP contribution in [-0.4, -0.2) is 42.1 Å². The van der Waals surface area contributed by atoms with Crippen molar-refractivity contribution in [3.05, 3.63) is 30.1 Å². The first-order valence-electron chi connectivity index (χ1n) is 6.76. The SMILES string of the molecule is c1cncc(CCNC2CCN3CCC2C3)c1. The molecule has 2 fully saturated rings. The summed E-state index contributed by atoms with van der Waals surface area (Å²) in [6.07, 6.45) is 7.63. The summed E-state index contributed by atoms with van der Waals surface area (Å²) in [5, 5.41) is 3.74. The quantitative estimate of drug-likeness (QED) is 0.847. The van der Waals surface area contributed by atoms with E-state index in [-0.39, 0.29) is 0 Å². The van der Waals surface area contributed by atoms with E-state index >= 15 is 0 Å². The topological polar surface area (TPSA) is 28.2 Å². The minimum absolute atomic E-state index is 0.755. The van der Waals surface area contributed by atoms with Gasteiger partial charge in [-0.15, -0.1) is 0 Å². The zero-order chi connectivity index (χ0) is 11.5. The van der Waals surface area contributed by atoms with E-state index in [0.717, 1.165) is 24.9 Å². The molecule has 0 aromatic carbocycles. The van der Waals surface area contributed by atoms with Crippen molar-refractivity contribution < 1.29 is 0 Å². The summed E-state index contributed by atoms with van der Waals surface area (Å²) in [6.45, 7) is 5.03. The van der Waals surface area contributed by atoms with Crippen molar-refractivity contribution in [1.29, 1.82) is 0 Å². The van der Waals surface area contributed by atoms with Crippen molar-refractivity contribution in [2.24, 2.45) is 5.92 Å². The lowest BCUT2D eigenvalue weighted by atomic mass is 9.94. The molecule has 3 unspecified atom stereocenters. The number of nitrogens with zero attached hydrogens (tertiary/aromatic N) is 2. The van der Waals surface area contributed by atoms with Gasteiger partial charge in [-0.05, 0) is 56.4 Å². The molecule has 92 valence electrons. The predicted molar refractivity (Wildman–Crippen MR) is 68.9 cm³/mol. The van der Waals surface area contributed by atoms with E-state index in [1.54, 1.807) is 0 Å². The fourth-order valence-corrected chi connectivity index (χ4v) is 3.17. The van der Waals surface area contributed by atoms with Crippen molar-refractivity contribution in [3.63, 3.8) is 0 Å². The van der Waals surface area contributed by atoms with Crippen molar-refractivity contribution in [3.8, 4) is 0 Å². The minimum Gasteiger partial charge on any atom is -0.313 e. The van der Waals surface area contributed by atoms with Gasteiger partial charge < -0.3 is 10.2 Å². The summed E-state index contributed by atoms with van der Waals surface area (Å²) in [4.78, 5) is 6.75. The molecule has 3 nitrogen and oxygen atoms in total. The van der Waals surface area contributed by atoms with Crippen molar-refractivity contribution in [1.82, 2.24) is 15.2 Å². The molecule has 2 bridgehead atoms. The molecule has 2 saturated heterocycles. The highest BCUT2D eigenvalue weighted by atomic mass is 15.2. The lowest BCUT2D eigenvalue weighted by Gasteiger charge is -2.31. The van der Waals surface area contributed by atoms with E-state index in [1.807, 2.05) is 18.5 Å². The molecule has 3 heterocycles. The average Bonchev–Trinajstić information content (AvgIpc) is 2.76. The number of fused-ring (bicyclic) bond motifs is 2. The van der Waals surface area contributed by atoms with Gasteiger partial charge in [0, 0.05) is 25.0 Å². The van der Waals surface area contributed by atoms with E-state index < -0.39 is 0 Å². The van der Waals surface area contributed by atoms with Crippen LogP contribution in [0.2, 0.25) is 0 Å². The highest BCUT2D eigenvalue weighted by Crippen LogP contribution is 2.26. The van der Waals surface area contributed by atoms with Crippen LogP contribution in [-0.2, 0) is 6.42 Å². The van der Waals surface area contributed by atoms with Crippen LogP contribution < -0.4 is 5.32 Å². The van der Waals surface area contributed by atoms with Crippen LogP contribution in [0.1, 0.15) is 18.4 Å². The molecule has 2 aliphatic rings. The number of nitrogens with one attached hydrogen (secondary N) is 1. The van der Waals surface area contributed by atoms with Gasteiger partial charge in [-0.2, -0.15) is 0 Å². The fourth-order valence-electron chi connectivity index (χ4n) is 3.17. The van der Waals surface area contributed by atoms with Crippen LogP contribution in [0.25, 0.3) is 0 Å². The van der Waals surface area contributed by atoms with Gasteiger partial charge in [0.25, 0.3) is 0 Å². The van der Waals surface area contributed by atoms with Gasteiger partial charge in [-0.1, -0.05) is 6.07 Å². The van der Waals surface area contributed by atoms with Crippen LogP contribution in [0.3, 0.4) is 0 Å². The Hall–Kier alpha value is -0.930. The zero-order valence-electron chi connectivity index (χ0n) is 10.3. The normalized spacial score (nSPS) is 31.6. The Morgan fingerprint density at radius 3 is 3.18 bits per heavy atom. The number of hydrogen-bond donors (Lipinski definition) is 1. The van der Waals surface area contributed by atoms with E-state index in [4.69, 9.17) is 0 Å². The molecule has 2 aliphatic heterocycles. The van der Waals surface area contributed by atoms with Crippen molar-refractivity contribution in [2.75, 3.05) is 26.2 Å². The summed E-state index contributed by atoms with van der Waals surface area (Å²) in [5.41, 5.74) is 1.34. The summed E-state index contributed by atoms with van der Waals surface area (Å²) >= 11 is 0. The van der Waals surface area contributed by atoms with Crippen LogP contribution in [0.4, 0.5) is 0 Å². The Bertz CT molecular complexity index is 352. The van der Waals surface area contributed by atoms with Gasteiger partial charge in [0.05, 0.1) is 0 Å². The van der Waals surface area contributed by atoms with Crippen LogP contribution in [0.5, 0.6) is 0 Å². The van der Waals surface area contributed by atoms with Crippen LogP contribution in [0.15, 0.2) is 24.5 Å². The maximum absolute atomic E-state index is 4.15. The third-order valence-corrected chi connectivity index (χ3v) is 4.18. The smallest absolute Gasteiger partial charge is 0.0300 e. The van der Waals surface area contributed by atoms with Gasteiger partial charge in [0.2, 0.25) is 0 Å². The summed E-state index contributed by atoms with van der Waals surface area (Å²) < 4.78 is 0. The molecule has 0 amide bonds. The summed E-state index contributed by atoms with van der Waals surface area (Å²) in [6, 6.07) is 4.93. The predicted octanol–water partition coefficient (Wildman–Crippen LogP) is 1.31. The molecule has 1 aromatic rings. The highest BCUT2D eigenvalue weighted by molar-refractivity contribution is 5.08. The monoisotopic (exact) mass is 231 g/mol. The Balaban J connectivity index is 1.45. The maximum atomic E-state index is 4.15. The fraction of sp³-hybridized carbons (Fsp3) is 0.643. The summed E-state index contributed by atoms with van der Waals surface area (Å²) in [7, 11) is 0. The lowest BCUT2D eigenvalue weighted by Crippen LogP contribution is -2.44. The highest BCUT2D eigenvalue weighted by Gasteiger charge is 2.33. The molecule has 0 aliphatic carbocycles. The van der Waals surface area contributed by atoms with E-state index in [0.29, 0.717) is 0 Å². The van der Waals surface area contributed by atoms with Crippen molar-refractivity contribution in [2.45, 2.75) is 25.3 Å². The number of piperidine rings is 1. The first-order chi connectivity index (χ1) is 8.42. The van der Waals surface area contributed by atoms with Crippen LogP contribution >= 0.6 is 0 Å². The minimum atomic E-state index is 0.755. The number of rotatable bonds is 4. The zero-order valence-corrected chi connectivity index (χ0v) is 10.3. The molecule has 3 atom stereocenters. The number of hydrogen-bond acceptors (Lipinski definition) is 3. The van der Waals surface area contributed by atoms with E-state index in [2.05, 4.69) is 21.3 Å². The first-order valence-corrected chi connectivity index (χ1v) is 6.76. The standard InChI is InChI=1S/C14H21N3/c1-2-12(10-15-6-1)3-7-16-14-5-9-17-8-4-13(14)11-17/h1-2,6,10,13-14,16H,3-5,7-9,11H2. The second kappa shape index (κ2) is 5.15. The van der Waals surface area contributed by atoms with Crippen LogP contribution in [0, 0.1) is 5.92 Å². The molecule has 1 N–H and O–H groups in total. The molecule has 0 spiro atoms. The third kappa shape index (κ3) is 2.67. The second-order valence-corrected chi connectivity index (χ2v) is 5.31. The molecule has 0 radical (unpaired) electrons. The number of pyridine rings is 1. The molecular formula is C14H21N3. The molecule has 3 rings (SSSR count). The van der Waals surface area contributed by atoms with E-state index in [9.17, 15) is 0 Å². The number of aromatic nitrogens is 1. The Labute approximate surface area is 103 Å². The average molecular weight is 231 g/mol. The van der Waals surface area contributed by atoms with Gasteiger partial charge in [-0.3, -0.25) is 4.98 Å². The molecule has 0 saturated carbocycles. The second-order valence-electron chi connectivity index (χ2n) is 5.31. The Morgan fingerprint density at radius 1 is 1.35 bits per heavy atom. The largest absolute Gasteiger partial charge is 0.313 e. The molecule has 17 heavy (non-hydrogen) atoms. The van der Waals surface area contributed by atoms with Gasteiger partial charge in [0.1, 0.15) is 0 Å². The molecular weight excluding hydrogens is 210 g/mol. The maximum Gasteiger partial charge on any atom is 0.0300 e.